The molecule has 150 valence electrons. The highest BCUT2D eigenvalue weighted by atomic mass is 32.2. The molecular weight excluding hydrogens is 377 g/mol. The Labute approximate surface area is 161 Å². The maximum Gasteiger partial charge on any atom is 0.416 e. The van der Waals surface area contributed by atoms with E-state index in [1.54, 1.807) is 0 Å². The van der Waals surface area contributed by atoms with Gasteiger partial charge in [0.1, 0.15) is 0 Å². The summed E-state index contributed by atoms with van der Waals surface area (Å²) in [6, 6.07) is 4.17. The highest BCUT2D eigenvalue weighted by Crippen LogP contribution is 2.29. The lowest BCUT2D eigenvalue weighted by atomic mass is 10.1. The zero-order chi connectivity index (χ0) is 19.7. The number of carbonyl (C=O) groups is 1. The molecule has 0 radical (unpaired) electrons. The predicted molar refractivity (Wildman–Crippen MR) is 103 cm³/mol. The van der Waals surface area contributed by atoms with Crippen LogP contribution in [0, 0.1) is 0 Å². The molecule has 9 heteroatoms. The van der Waals surface area contributed by atoms with Crippen LogP contribution in [0.15, 0.2) is 29.3 Å². The second kappa shape index (κ2) is 10.4. The third-order valence-electron chi connectivity index (χ3n) is 4.00. The molecule has 1 atom stereocenters. The highest BCUT2D eigenvalue weighted by Gasteiger charge is 2.30. The summed E-state index contributed by atoms with van der Waals surface area (Å²) < 4.78 is 37.6. The van der Waals surface area contributed by atoms with Crippen LogP contribution in [0.25, 0.3) is 0 Å². The molecule has 1 amide bonds. The molecule has 1 aromatic carbocycles. The number of alkyl halides is 3. The van der Waals surface area contributed by atoms with Crippen molar-refractivity contribution in [3.63, 3.8) is 0 Å². The summed E-state index contributed by atoms with van der Waals surface area (Å²) in [6.07, 6.45) is -1.97. The molecule has 0 saturated carbocycles. The summed E-state index contributed by atoms with van der Waals surface area (Å²) in [7, 11) is 0. The van der Waals surface area contributed by atoms with Crippen molar-refractivity contribution in [2.45, 2.75) is 31.2 Å². The zero-order valence-corrected chi connectivity index (χ0v) is 16.1. The third-order valence-corrected chi connectivity index (χ3v) is 5.38. The third kappa shape index (κ3) is 7.32. The Hall–Kier alpha value is -1.90. The first-order valence-electron chi connectivity index (χ1n) is 8.99. The molecule has 5 nitrogen and oxygen atoms in total. The van der Waals surface area contributed by atoms with Crippen LogP contribution in [0.5, 0.6) is 0 Å². The van der Waals surface area contributed by atoms with Crippen LogP contribution in [0.2, 0.25) is 0 Å². The van der Waals surface area contributed by atoms with Gasteiger partial charge in [-0.3, -0.25) is 9.79 Å². The van der Waals surface area contributed by atoms with E-state index >= 15 is 0 Å². The number of halogens is 3. The lowest BCUT2D eigenvalue weighted by Crippen LogP contribution is -2.41. The Morgan fingerprint density at radius 3 is 2.48 bits per heavy atom. The van der Waals surface area contributed by atoms with Gasteiger partial charge in [0, 0.05) is 30.4 Å². The van der Waals surface area contributed by atoms with Crippen LogP contribution in [-0.2, 0) is 6.18 Å². The van der Waals surface area contributed by atoms with Crippen LogP contribution >= 0.6 is 11.8 Å². The number of benzene rings is 1. The molecule has 2 rings (SSSR count). The first-order valence-corrected chi connectivity index (χ1v) is 10.0. The summed E-state index contributed by atoms with van der Waals surface area (Å²) in [4.78, 5) is 16.6. The summed E-state index contributed by atoms with van der Waals surface area (Å²) >= 11 is 1.94. The minimum absolute atomic E-state index is 0.196. The maximum atomic E-state index is 12.5. The quantitative estimate of drug-likeness (QED) is 0.373. The van der Waals surface area contributed by atoms with Gasteiger partial charge in [-0.05, 0) is 49.8 Å². The standard InChI is InChI=1S/C18H25F3N4OS/c1-2-22-17(25-12-15-4-3-11-27-15)24-10-9-23-16(26)13-5-7-14(8-6-13)18(19,20)21/h5-8,15H,2-4,9-12H2,1H3,(H,23,26)(H2,22,24,25). The number of nitrogens with zero attached hydrogens (tertiary/aromatic N) is 1. The van der Waals surface area contributed by atoms with Crippen LogP contribution in [0.3, 0.4) is 0 Å². The van der Waals surface area contributed by atoms with E-state index in [9.17, 15) is 18.0 Å². The Kier molecular flexibility index (Phi) is 8.27. The van der Waals surface area contributed by atoms with E-state index in [4.69, 9.17) is 0 Å². The minimum atomic E-state index is -4.40. The Morgan fingerprint density at radius 1 is 1.19 bits per heavy atom. The predicted octanol–water partition coefficient (Wildman–Crippen LogP) is 2.89. The second-order valence-corrected chi connectivity index (χ2v) is 7.52. The van der Waals surface area contributed by atoms with E-state index in [-0.39, 0.29) is 5.56 Å². The first-order chi connectivity index (χ1) is 12.9. The largest absolute Gasteiger partial charge is 0.416 e. The van der Waals surface area contributed by atoms with Crippen molar-refractivity contribution in [2.24, 2.45) is 4.99 Å². The normalized spacial score (nSPS) is 17.6. The van der Waals surface area contributed by atoms with Gasteiger partial charge in [-0.15, -0.1) is 0 Å². The van der Waals surface area contributed by atoms with Crippen molar-refractivity contribution in [3.8, 4) is 0 Å². The molecule has 1 aliphatic rings. The molecule has 0 spiro atoms. The number of hydrogen-bond donors (Lipinski definition) is 3. The lowest BCUT2D eigenvalue weighted by Gasteiger charge is -2.13. The molecule has 0 aliphatic carbocycles. The lowest BCUT2D eigenvalue weighted by molar-refractivity contribution is -0.137. The second-order valence-electron chi connectivity index (χ2n) is 6.11. The Morgan fingerprint density at radius 2 is 1.89 bits per heavy atom. The van der Waals surface area contributed by atoms with Gasteiger partial charge in [-0.1, -0.05) is 0 Å². The summed E-state index contributed by atoms with van der Waals surface area (Å²) in [5.74, 6) is 1.49. The van der Waals surface area contributed by atoms with Crippen LogP contribution in [0.4, 0.5) is 13.2 Å². The number of guanidine groups is 1. The summed E-state index contributed by atoms with van der Waals surface area (Å²) in [5.41, 5.74) is -0.575. The molecule has 1 saturated heterocycles. The molecule has 1 aliphatic heterocycles. The smallest absolute Gasteiger partial charge is 0.357 e. The van der Waals surface area contributed by atoms with Gasteiger partial charge < -0.3 is 16.0 Å². The monoisotopic (exact) mass is 402 g/mol. The van der Waals surface area contributed by atoms with Crippen molar-refractivity contribution >= 4 is 23.6 Å². The van der Waals surface area contributed by atoms with Crippen LogP contribution in [-0.4, -0.2) is 49.0 Å². The summed E-state index contributed by atoms with van der Waals surface area (Å²) in [5, 5.41) is 9.56. The number of amides is 1. The number of nitrogens with one attached hydrogen (secondary N) is 3. The van der Waals surface area contributed by atoms with Crippen molar-refractivity contribution in [3.05, 3.63) is 35.4 Å². The minimum Gasteiger partial charge on any atom is -0.357 e. The fourth-order valence-electron chi connectivity index (χ4n) is 2.59. The molecule has 0 bridgehead atoms. The molecular formula is C18H25F3N4OS. The molecule has 27 heavy (non-hydrogen) atoms. The van der Waals surface area contributed by atoms with Gasteiger partial charge in [0.2, 0.25) is 0 Å². The van der Waals surface area contributed by atoms with Gasteiger partial charge in [0.25, 0.3) is 5.91 Å². The topological polar surface area (TPSA) is 65.5 Å². The molecule has 1 heterocycles. The van der Waals surface area contributed by atoms with Crippen molar-refractivity contribution < 1.29 is 18.0 Å². The molecule has 0 aromatic heterocycles. The van der Waals surface area contributed by atoms with Crippen molar-refractivity contribution in [2.75, 3.05) is 31.9 Å². The molecule has 1 fully saturated rings. The fraction of sp³-hybridized carbons (Fsp3) is 0.556. The number of aliphatic imine (C=N–C) groups is 1. The van der Waals surface area contributed by atoms with Crippen molar-refractivity contribution in [1.29, 1.82) is 0 Å². The van der Waals surface area contributed by atoms with Gasteiger partial charge >= 0.3 is 6.18 Å². The maximum absolute atomic E-state index is 12.5. The SMILES string of the molecule is CCNC(=NCC1CCCS1)NCCNC(=O)c1ccc(C(F)(F)F)cc1. The fourth-order valence-corrected chi connectivity index (χ4v) is 3.77. The van der Waals surface area contributed by atoms with Crippen LogP contribution in [0.1, 0.15) is 35.7 Å². The van der Waals surface area contributed by atoms with E-state index < -0.39 is 17.6 Å². The Balaban J connectivity index is 1.75. The van der Waals surface area contributed by atoms with Gasteiger partial charge in [0.05, 0.1) is 12.1 Å². The van der Waals surface area contributed by atoms with E-state index in [0.717, 1.165) is 25.2 Å². The first kappa shape index (κ1) is 21.4. The molecule has 1 aromatic rings. The van der Waals surface area contributed by atoms with E-state index in [2.05, 4.69) is 20.9 Å². The summed E-state index contributed by atoms with van der Waals surface area (Å²) in [6.45, 7) is 4.28. The van der Waals surface area contributed by atoms with Crippen molar-refractivity contribution in [1.82, 2.24) is 16.0 Å². The van der Waals surface area contributed by atoms with Gasteiger partial charge in [0.15, 0.2) is 5.96 Å². The average Bonchev–Trinajstić information content (AvgIpc) is 3.16. The molecule has 1 unspecified atom stereocenters. The van der Waals surface area contributed by atoms with E-state index in [1.807, 2.05) is 18.7 Å². The zero-order valence-electron chi connectivity index (χ0n) is 15.2. The average molecular weight is 402 g/mol. The van der Waals surface area contributed by atoms with Crippen LogP contribution < -0.4 is 16.0 Å². The highest BCUT2D eigenvalue weighted by molar-refractivity contribution is 8.00. The van der Waals surface area contributed by atoms with Gasteiger partial charge in [-0.25, -0.2) is 0 Å². The van der Waals surface area contributed by atoms with Gasteiger partial charge in [-0.2, -0.15) is 24.9 Å². The number of rotatable bonds is 7. The number of carbonyl (C=O) groups excluding carboxylic acids is 1. The van der Waals surface area contributed by atoms with E-state index in [1.165, 1.54) is 30.7 Å². The van der Waals surface area contributed by atoms with E-state index in [0.29, 0.717) is 24.3 Å². The molecule has 3 N–H and O–H groups in total. The Bertz CT molecular complexity index is 628. The number of thioether (sulfide) groups is 1. The number of hydrogen-bond acceptors (Lipinski definition) is 3.